The molecule has 3 N–H and O–H groups in total. The van der Waals surface area contributed by atoms with Gasteiger partial charge in [-0.15, -0.1) is 12.4 Å². The molecule has 1 saturated heterocycles. The molecular formula is C21H26ClN3O3. The molecule has 0 unspecified atom stereocenters. The molecule has 1 aliphatic rings. The average Bonchev–Trinajstić information content (AvgIpc) is 3.22. The second-order valence-electron chi connectivity index (χ2n) is 6.69. The number of hydrogen-bond acceptors (Lipinski definition) is 4. The van der Waals surface area contributed by atoms with E-state index in [4.69, 9.17) is 10.5 Å². The van der Waals surface area contributed by atoms with Crippen molar-refractivity contribution in [1.82, 2.24) is 4.90 Å². The van der Waals surface area contributed by atoms with Gasteiger partial charge in [0, 0.05) is 24.8 Å². The number of ether oxygens (including phenoxy) is 1. The van der Waals surface area contributed by atoms with Gasteiger partial charge in [-0.25, -0.2) is 0 Å². The van der Waals surface area contributed by atoms with E-state index in [0.717, 1.165) is 31.5 Å². The summed E-state index contributed by atoms with van der Waals surface area (Å²) >= 11 is 0. The molecule has 150 valence electrons. The summed E-state index contributed by atoms with van der Waals surface area (Å²) in [5, 5.41) is 2.81. The third-order valence-electron chi connectivity index (χ3n) is 4.56. The van der Waals surface area contributed by atoms with Crippen LogP contribution in [-0.4, -0.2) is 42.5 Å². The first-order valence-corrected chi connectivity index (χ1v) is 9.23. The van der Waals surface area contributed by atoms with Crippen molar-refractivity contribution >= 4 is 29.9 Å². The number of hydrogen-bond donors (Lipinski definition) is 2. The summed E-state index contributed by atoms with van der Waals surface area (Å²) in [7, 11) is 0. The van der Waals surface area contributed by atoms with Crippen LogP contribution < -0.4 is 15.8 Å². The van der Waals surface area contributed by atoms with Crippen molar-refractivity contribution in [2.75, 3.05) is 25.0 Å². The summed E-state index contributed by atoms with van der Waals surface area (Å²) < 4.78 is 5.58. The van der Waals surface area contributed by atoms with E-state index in [0.29, 0.717) is 17.9 Å². The van der Waals surface area contributed by atoms with E-state index in [1.165, 1.54) is 0 Å². The number of benzene rings is 2. The average molecular weight is 404 g/mol. The van der Waals surface area contributed by atoms with Crippen LogP contribution in [0.2, 0.25) is 0 Å². The Morgan fingerprint density at radius 3 is 2.50 bits per heavy atom. The predicted molar refractivity (Wildman–Crippen MR) is 112 cm³/mol. The molecule has 3 rings (SSSR count). The molecule has 0 bridgehead atoms. The number of nitrogens with one attached hydrogen (secondary N) is 1. The molecular weight excluding hydrogens is 378 g/mol. The Morgan fingerprint density at radius 2 is 1.79 bits per heavy atom. The summed E-state index contributed by atoms with van der Waals surface area (Å²) in [6.07, 6.45) is 2.57. The first kappa shape index (κ1) is 21.7. The predicted octanol–water partition coefficient (Wildman–Crippen LogP) is 2.62. The zero-order chi connectivity index (χ0) is 19.1. The molecule has 2 aromatic carbocycles. The lowest BCUT2D eigenvalue weighted by molar-refractivity contribution is -0.132. The van der Waals surface area contributed by atoms with Gasteiger partial charge in [0.2, 0.25) is 5.91 Å². The molecule has 1 atom stereocenters. The van der Waals surface area contributed by atoms with E-state index in [9.17, 15) is 9.59 Å². The lowest BCUT2D eigenvalue weighted by Gasteiger charge is -2.16. The molecule has 2 amide bonds. The van der Waals surface area contributed by atoms with Gasteiger partial charge in [-0.1, -0.05) is 36.4 Å². The van der Waals surface area contributed by atoms with Crippen molar-refractivity contribution in [2.24, 2.45) is 5.73 Å². The van der Waals surface area contributed by atoms with Crippen LogP contribution >= 0.6 is 12.4 Å². The van der Waals surface area contributed by atoms with E-state index >= 15 is 0 Å². The third-order valence-corrected chi connectivity index (χ3v) is 4.56. The molecule has 0 aliphatic carbocycles. The van der Waals surface area contributed by atoms with Gasteiger partial charge >= 0.3 is 0 Å². The Hall–Kier alpha value is -2.57. The fourth-order valence-corrected chi connectivity index (χ4v) is 3.06. The summed E-state index contributed by atoms with van der Waals surface area (Å²) in [4.78, 5) is 26.2. The van der Waals surface area contributed by atoms with Crippen LogP contribution in [-0.2, 0) is 16.0 Å². The van der Waals surface area contributed by atoms with Gasteiger partial charge in [0.1, 0.15) is 5.75 Å². The van der Waals surface area contributed by atoms with Crippen molar-refractivity contribution in [3.05, 3.63) is 60.2 Å². The van der Waals surface area contributed by atoms with Crippen LogP contribution in [0.1, 0.15) is 18.4 Å². The van der Waals surface area contributed by atoms with E-state index in [-0.39, 0.29) is 30.8 Å². The standard InChI is InChI=1S/C21H25N3O3.ClH/c22-19(13-16-7-2-1-3-8-16)21(26)23-17-9-6-10-18(14-17)27-15-20(25)24-11-4-5-12-24;/h1-3,6-10,14,19H,4-5,11-13,15,22H2,(H,23,26);1H/t19-;/m0./s1. The van der Waals surface area contributed by atoms with Gasteiger partial charge in [0.15, 0.2) is 6.61 Å². The van der Waals surface area contributed by atoms with E-state index in [1.807, 2.05) is 35.2 Å². The van der Waals surface area contributed by atoms with Crippen LogP contribution in [0.5, 0.6) is 5.75 Å². The minimum Gasteiger partial charge on any atom is -0.484 e. The number of halogens is 1. The van der Waals surface area contributed by atoms with E-state index in [1.54, 1.807) is 24.3 Å². The Labute approximate surface area is 171 Å². The lowest BCUT2D eigenvalue weighted by atomic mass is 10.1. The minimum atomic E-state index is -0.645. The molecule has 0 spiro atoms. The van der Waals surface area contributed by atoms with Gasteiger partial charge in [0.25, 0.3) is 5.91 Å². The molecule has 1 fully saturated rings. The molecule has 2 aromatic rings. The highest BCUT2D eigenvalue weighted by atomic mass is 35.5. The van der Waals surface area contributed by atoms with Gasteiger partial charge in [0.05, 0.1) is 6.04 Å². The fraction of sp³-hybridized carbons (Fsp3) is 0.333. The van der Waals surface area contributed by atoms with E-state index in [2.05, 4.69) is 5.32 Å². The first-order chi connectivity index (χ1) is 13.1. The van der Waals surface area contributed by atoms with E-state index < -0.39 is 6.04 Å². The maximum Gasteiger partial charge on any atom is 0.260 e. The number of amides is 2. The number of carbonyl (C=O) groups excluding carboxylic acids is 2. The first-order valence-electron chi connectivity index (χ1n) is 9.23. The Kier molecular flexibility index (Phi) is 8.29. The highest BCUT2D eigenvalue weighted by molar-refractivity contribution is 5.95. The lowest BCUT2D eigenvalue weighted by Crippen LogP contribution is -2.37. The van der Waals surface area contributed by atoms with Crippen LogP contribution in [0.25, 0.3) is 0 Å². The Balaban J connectivity index is 0.00000280. The fourth-order valence-electron chi connectivity index (χ4n) is 3.06. The topological polar surface area (TPSA) is 84.7 Å². The molecule has 0 aromatic heterocycles. The number of nitrogens with zero attached hydrogens (tertiary/aromatic N) is 1. The van der Waals surface area contributed by atoms with Crippen molar-refractivity contribution < 1.29 is 14.3 Å². The summed E-state index contributed by atoms with van der Waals surface area (Å²) in [6, 6.07) is 16.0. The zero-order valence-corrected chi connectivity index (χ0v) is 16.5. The van der Waals surface area contributed by atoms with Crippen molar-refractivity contribution in [1.29, 1.82) is 0 Å². The number of nitrogens with two attached hydrogens (primary N) is 1. The molecule has 7 heteroatoms. The number of likely N-dealkylation sites (tertiary alicyclic amines) is 1. The Bertz CT molecular complexity index is 779. The van der Waals surface area contributed by atoms with Crippen molar-refractivity contribution in [3.8, 4) is 5.75 Å². The second kappa shape index (κ2) is 10.7. The molecule has 0 saturated carbocycles. The summed E-state index contributed by atoms with van der Waals surface area (Å²) in [5.41, 5.74) is 7.61. The molecule has 0 radical (unpaired) electrons. The van der Waals surface area contributed by atoms with Gasteiger partial charge in [-0.05, 0) is 37.0 Å². The quantitative estimate of drug-likeness (QED) is 0.744. The normalized spacial score (nSPS) is 14.1. The van der Waals surface area contributed by atoms with Gasteiger partial charge < -0.3 is 20.7 Å². The largest absolute Gasteiger partial charge is 0.484 e. The van der Waals surface area contributed by atoms with Gasteiger partial charge in [-0.2, -0.15) is 0 Å². The van der Waals surface area contributed by atoms with Crippen LogP contribution in [0.3, 0.4) is 0 Å². The third kappa shape index (κ3) is 6.25. The number of rotatable bonds is 7. The van der Waals surface area contributed by atoms with Crippen molar-refractivity contribution in [2.45, 2.75) is 25.3 Å². The molecule has 1 heterocycles. The molecule has 28 heavy (non-hydrogen) atoms. The highest BCUT2D eigenvalue weighted by Gasteiger charge is 2.18. The summed E-state index contributed by atoms with van der Waals surface area (Å²) in [5.74, 6) is 0.271. The maximum absolute atomic E-state index is 12.3. The molecule has 6 nitrogen and oxygen atoms in total. The number of carbonyl (C=O) groups is 2. The van der Waals surface area contributed by atoms with Gasteiger partial charge in [-0.3, -0.25) is 9.59 Å². The number of anilines is 1. The minimum absolute atomic E-state index is 0. The van der Waals surface area contributed by atoms with Crippen LogP contribution in [0, 0.1) is 0 Å². The highest BCUT2D eigenvalue weighted by Crippen LogP contribution is 2.18. The smallest absolute Gasteiger partial charge is 0.260 e. The summed E-state index contributed by atoms with van der Waals surface area (Å²) in [6.45, 7) is 1.61. The second-order valence-corrected chi connectivity index (χ2v) is 6.69. The molecule has 1 aliphatic heterocycles. The maximum atomic E-state index is 12.3. The van der Waals surface area contributed by atoms with Crippen LogP contribution in [0.15, 0.2) is 54.6 Å². The zero-order valence-electron chi connectivity index (χ0n) is 15.7. The van der Waals surface area contributed by atoms with Crippen LogP contribution in [0.4, 0.5) is 5.69 Å². The Morgan fingerprint density at radius 1 is 1.07 bits per heavy atom. The monoisotopic (exact) mass is 403 g/mol. The van der Waals surface area contributed by atoms with Crippen molar-refractivity contribution in [3.63, 3.8) is 0 Å². The SMILES string of the molecule is Cl.N[C@@H](Cc1ccccc1)C(=O)Nc1cccc(OCC(=O)N2CCCC2)c1.